The van der Waals surface area contributed by atoms with Crippen LogP contribution in [0.25, 0.3) is 11.4 Å². The van der Waals surface area contributed by atoms with E-state index in [2.05, 4.69) is 53.4 Å². The van der Waals surface area contributed by atoms with Crippen LogP contribution in [0, 0.1) is 5.92 Å². The topological polar surface area (TPSA) is 72.7 Å². The van der Waals surface area contributed by atoms with Crippen molar-refractivity contribution >= 4 is 17.7 Å². The first-order valence-corrected chi connectivity index (χ1v) is 11.3. The van der Waals surface area contributed by atoms with E-state index in [0.717, 1.165) is 34.9 Å². The van der Waals surface area contributed by atoms with E-state index in [9.17, 15) is 4.79 Å². The Morgan fingerprint density at radius 1 is 1.07 bits per heavy atom. The van der Waals surface area contributed by atoms with Gasteiger partial charge in [-0.25, -0.2) is 0 Å². The first kappa shape index (κ1) is 22.0. The van der Waals surface area contributed by atoms with Crippen LogP contribution >= 0.6 is 11.8 Å². The number of aromatic nitrogens is 4. The van der Waals surface area contributed by atoms with Gasteiger partial charge in [-0.3, -0.25) is 14.3 Å². The first-order valence-electron chi connectivity index (χ1n) is 10.3. The molecule has 0 aliphatic rings. The van der Waals surface area contributed by atoms with Crippen molar-refractivity contribution in [1.29, 1.82) is 0 Å². The molecule has 30 heavy (non-hydrogen) atoms. The molecule has 7 heteroatoms. The summed E-state index contributed by atoms with van der Waals surface area (Å²) in [5.74, 6) is 1.72. The Morgan fingerprint density at radius 3 is 2.57 bits per heavy atom. The van der Waals surface area contributed by atoms with Crippen LogP contribution in [0.5, 0.6) is 0 Å². The van der Waals surface area contributed by atoms with Crippen LogP contribution in [-0.2, 0) is 11.3 Å². The maximum Gasteiger partial charge on any atom is 0.230 e. The fraction of sp³-hybridized carbons (Fsp3) is 0.391. The number of nitrogens with zero attached hydrogens (tertiary/aromatic N) is 4. The number of benzene rings is 1. The lowest BCUT2D eigenvalue weighted by molar-refractivity contribution is -0.119. The minimum absolute atomic E-state index is 0.0217. The molecule has 3 aromatic rings. The number of amides is 1. The third-order valence-corrected chi connectivity index (χ3v) is 5.70. The Balaban J connectivity index is 1.71. The summed E-state index contributed by atoms with van der Waals surface area (Å²) in [6, 6.07) is 14.2. The van der Waals surface area contributed by atoms with Crippen molar-refractivity contribution in [2.75, 3.05) is 5.75 Å². The van der Waals surface area contributed by atoms with Crippen molar-refractivity contribution in [3.05, 3.63) is 60.4 Å². The molecule has 3 rings (SSSR count). The normalized spacial score (nSPS) is 12.1. The summed E-state index contributed by atoms with van der Waals surface area (Å²) in [6.45, 7) is 7.09. The Hall–Kier alpha value is -2.67. The van der Waals surface area contributed by atoms with Crippen molar-refractivity contribution in [3.63, 3.8) is 0 Å². The lowest BCUT2D eigenvalue weighted by atomic mass is 10.0. The van der Waals surface area contributed by atoms with E-state index in [1.807, 2.05) is 34.9 Å². The Morgan fingerprint density at radius 2 is 1.87 bits per heavy atom. The molecule has 0 saturated carbocycles. The predicted octanol–water partition coefficient (Wildman–Crippen LogP) is 4.42. The van der Waals surface area contributed by atoms with Crippen LogP contribution in [0.3, 0.4) is 0 Å². The molecule has 0 unspecified atom stereocenters. The van der Waals surface area contributed by atoms with Crippen LogP contribution in [-0.4, -0.2) is 37.5 Å². The van der Waals surface area contributed by atoms with E-state index in [0.29, 0.717) is 18.2 Å². The minimum atomic E-state index is 0.0217. The highest BCUT2D eigenvalue weighted by Gasteiger charge is 2.17. The Labute approximate surface area is 182 Å². The van der Waals surface area contributed by atoms with Gasteiger partial charge in [0.25, 0.3) is 0 Å². The number of hydrogen-bond donors (Lipinski definition) is 1. The predicted molar refractivity (Wildman–Crippen MR) is 121 cm³/mol. The van der Waals surface area contributed by atoms with Gasteiger partial charge in [-0.1, -0.05) is 55.9 Å². The number of pyridine rings is 1. The maximum absolute atomic E-state index is 12.4. The Kier molecular flexibility index (Phi) is 8.02. The van der Waals surface area contributed by atoms with Crippen LogP contribution in [0.15, 0.2) is 60.0 Å². The van der Waals surface area contributed by atoms with E-state index >= 15 is 0 Å². The fourth-order valence-corrected chi connectivity index (χ4v) is 3.86. The molecule has 2 aromatic heterocycles. The second kappa shape index (κ2) is 10.9. The number of carbonyl (C=O) groups excluding carboxylic acids is 1. The molecule has 1 atom stereocenters. The second-order valence-corrected chi connectivity index (χ2v) is 8.79. The van der Waals surface area contributed by atoms with Gasteiger partial charge >= 0.3 is 0 Å². The summed E-state index contributed by atoms with van der Waals surface area (Å²) in [6.07, 6.45) is 5.61. The minimum Gasteiger partial charge on any atom is -0.353 e. The molecule has 0 aliphatic heterocycles. The zero-order chi connectivity index (χ0) is 21.3. The summed E-state index contributed by atoms with van der Waals surface area (Å²) in [4.78, 5) is 16.6. The highest BCUT2D eigenvalue weighted by molar-refractivity contribution is 7.99. The smallest absolute Gasteiger partial charge is 0.230 e. The summed E-state index contributed by atoms with van der Waals surface area (Å²) in [5, 5.41) is 12.6. The molecule has 158 valence electrons. The number of carbonyl (C=O) groups is 1. The van der Waals surface area contributed by atoms with Gasteiger partial charge in [0, 0.05) is 24.0 Å². The first-order chi connectivity index (χ1) is 14.5. The van der Waals surface area contributed by atoms with Gasteiger partial charge < -0.3 is 5.32 Å². The van der Waals surface area contributed by atoms with Gasteiger partial charge in [-0.15, -0.1) is 10.2 Å². The highest BCUT2D eigenvalue weighted by Crippen LogP contribution is 2.24. The van der Waals surface area contributed by atoms with Crippen LogP contribution in [0.2, 0.25) is 0 Å². The molecule has 1 aromatic carbocycles. The monoisotopic (exact) mass is 423 g/mol. The van der Waals surface area contributed by atoms with E-state index in [1.165, 1.54) is 11.8 Å². The van der Waals surface area contributed by atoms with E-state index in [-0.39, 0.29) is 11.9 Å². The standard InChI is InChI=1S/C23H29N5OS/c1-17(2)11-12-18(3)25-21(29)16-30-23-27-26-22(20-10-7-13-24-14-20)28(23)15-19-8-5-4-6-9-19/h4-10,13-14,17-18H,11-12,15-16H2,1-3H3,(H,25,29)/t18-/m0/s1. The molecule has 0 fully saturated rings. The summed E-state index contributed by atoms with van der Waals surface area (Å²) < 4.78 is 2.05. The molecular formula is C23H29N5OS. The molecule has 2 heterocycles. The maximum atomic E-state index is 12.4. The average Bonchev–Trinajstić information content (AvgIpc) is 3.14. The van der Waals surface area contributed by atoms with E-state index < -0.39 is 0 Å². The van der Waals surface area contributed by atoms with Gasteiger partial charge in [0.15, 0.2) is 11.0 Å². The third kappa shape index (κ3) is 6.42. The number of rotatable bonds is 10. The fourth-order valence-electron chi connectivity index (χ4n) is 3.11. The molecular weight excluding hydrogens is 394 g/mol. The van der Waals surface area contributed by atoms with Crippen LogP contribution in [0.4, 0.5) is 0 Å². The lowest BCUT2D eigenvalue weighted by Crippen LogP contribution is -2.34. The van der Waals surface area contributed by atoms with E-state index in [1.54, 1.807) is 12.4 Å². The zero-order valence-corrected chi connectivity index (χ0v) is 18.6. The molecule has 1 N–H and O–H groups in total. The number of hydrogen-bond acceptors (Lipinski definition) is 5. The molecule has 1 amide bonds. The van der Waals surface area contributed by atoms with Gasteiger partial charge in [0.05, 0.1) is 12.3 Å². The van der Waals surface area contributed by atoms with Crippen molar-refractivity contribution in [1.82, 2.24) is 25.1 Å². The average molecular weight is 424 g/mol. The summed E-state index contributed by atoms with van der Waals surface area (Å²) in [7, 11) is 0. The number of thioether (sulfide) groups is 1. The molecule has 6 nitrogen and oxygen atoms in total. The summed E-state index contributed by atoms with van der Waals surface area (Å²) >= 11 is 1.41. The highest BCUT2D eigenvalue weighted by atomic mass is 32.2. The molecule has 0 radical (unpaired) electrons. The van der Waals surface area contributed by atoms with Gasteiger partial charge in [0.2, 0.25) is 5.91 Å². The molecule has 0 bridgehead atoms. The lowest BCUT2D eigenvalue weighted by Gasteiger charge is -2.15. The molecule has 0 saturated heterocycles. The quantitative estimate of drug-likeness (QED) is 0.489. The van der Waals surface area contributed by atoms with Crippen molar-refractivity contribution < 1.29 is 4.79 Å². The molecule has 0 aliphatic carbocycles. The van der Waals surface area contributed by atoms with Crippen LogP contribution < -0.4 is 5.32 Å². The SMILES string of the molecule is CC(C)CC[C@H](C)NC(=O)CSc1nnc(-c2cccnc2)n1Cc1ccccc1. The van der Waals surface area contributed by atoms with Crippen molar-refractivity contribution in [2.45, 2.75) is 51.4 Å². The van der Waals surface area contributed by atoms with E-state index in [4.69, 9.17) is 0 Å². The number of nitrogens with one attached hydrogen (secondary N) is 1. The zero-order valence-electron chi connectivity index (χ0n) is 17.8. The Bertz CT molecular complexity index is 927. The van der Waals surface area contributed by atoms with Gasteiger partial charge in [-0.2, -0.15) is 0 Å². The summed E-state index contributed by atoms with van der Waals surface area (Å²) in [5.41, 5.74) is 2.05. The largest absolute Gasteiger partial charge is 0.353 e. The second-order valence-electron chi connectivity index (χ2n) is 7.85. The third-order valence-electron chi connectivity index (χ3n) is 4.74. The van der Waals surface area contributed by atoms with Crippen molar-refractivity contribution in [3.8, 4) is 11.4 Å². The van der Waals surface area contributed by atoms with Crippen molar-refractivity contribution in [2.24, 2.45) is 5.92 Å². The van der Waals surface area contributed by atoms with Gasteiger partial charge in [-0.05, 0) is 43.4 Å². The van der Waals surface area contributed by atoms with Crippen LogP contribution in [0.1, 0.15) is 39.2 Å². The molecule has 0 spiro atoms. The van der Waals surface area contributed by atoms with Gasteiger partial charge in [0.1, 0.15) is 0 Å².